The van der Waals surface area contributed by atoms with Crippen molar-refractivity contribution in [3.05, 3.63) is 60.2 Å². The summed E-state index contributed by atoms with van der Waals surface area (Å²) in [5.41, 5.74) is 5.77. The van der Waals surface area contributed by atoms with Gasteiger partial charge in [0.25, 0.3) is 0 Å². The molecule has 1 aliphatic carbocycles. The lowest BCUT2D eigenvalue weighted by Crippen LogP contribution is -2.10. The summed E-state index contributed by atoms with van der Waals surface area (Å²) in [6.45, 7) is 0. The number of hydrazone groups is 1. The molecule has 0 saturated heterocycles. The molecule has 1 unspecified atom stereocenters. The van der Waals surface area contributed by atoms with E-state index in [-0.39, 0.29) is 0 Å². The van der Waals surface area contributed by atoms with Gasteiger partial charge in [-0.15, -0.1) is 0 Å². The van der Waals surface area contributed by atoms with Crippen molar-refractivity contribution in [1.82, 2.24) is 5.43 Å². The van der Waals surface area contributed by atoms with Crippen LogP contribution in [0.2, 0.25) is 0 Å². The Labute approximate surface area is 95.4 Å². The van der Waals surface area contributed by atoms with Crippen molar-refractivity contribution < 1.29 is 0 Å². The fraction of sp³-hybridized carbons (Fsp3) is 0.214. The van der Waals surface area contributed by atoms with Crippen molar-refractivity contribution >= 4 is 5.71 Å². The van der Waals surface area contributed by atoms with E-state index >= 15 is 0 Å². The van der Waals surface area contributed by atoms with E-state index in [4.69, 9.17) is 0 Å². The van der Waals surface area contributed by atoms with Gasteiger partial charge in [-0.3, -0.25) is 0 Å². The maximum atomic E-state index is 4.44. The number of rotatable bonds is 2. The summed E-state index contributed by atoms with van der Waals surface area (Å²) in [6, 6.07) is 10.8. The van der Waals surface area contributed by atoms with E-state index in [1.165, 1.54) is 11.3 Å². The molecule has 1 aromatic carbocycles. The average molecular weight is 210 g/mol. The summed E-state index contributed by atoms with van der Waals surface area (Å²) in [4.78, 5) is 0. The van der Waals surface area contributed by atoms with Crippen LogP contribution in [0.1, 0.15) is 18.0 Å². The third-order valence-electron chi connectivity index (χ3n) is 3.11. The van der Waals surface area contributed by atoms with Crippen LogP contribution in [0.3, 0.4) is 0 Å². The Hall–Kier alpha value is -1.83. The lowest BCUT2D eigenvalue weighted by Gasteiger charge is -2.10. The number of nitrogens with one attached hydrogen (secondary N) is 1. The molecule has 2 heteroatoms. The van der Waals surface area contributed by atoms with Crippen LogP contribution in [0.5, 0.6) is 0 Å². The molecule has 0 spiro atoms. The van der Waals surface area contributed by atoms with Crippen molar-refractivity contribution in [2.45, 2.75) is 12.5 Å². The van der Waals surface area contributed by atoms with E-state index in [0.717, 1.165) is 6.42 Å². The van der Waals surface area contributed by atoms with E-state index in [0.29, 0.717) is 12.0 Å². The minimum absolute atomic E-state index is 0.346. The molecule has 1 aliphatic heterocycles. The highest BCUT2D eigenvalue weighted by molar-refractivity contribution is 5.92. The molecule has 3 rings (SSSR count). The van der Waals surface area contributed by atoms with Gasteiger partial charge < -0.3 is 5.43 Å². The highest BCUT2D eigenvalue weighted by Crippen LogP contribution is 2.26. The Morgan fingerprint density at radius 2 is 1.81 bits per heavy atom. The Kier molecular flexibility index (Phi) is 2.33. The fourth-order valence-electron chi connectivity index (χ4n) is 2.20. The van der Waals surface area contributed by atoms with Crippen molar-refractivity contribution in [3.8, 4) is 0 Å². The predicted octanol–water partition coefficient (Wildman–Crippen LogP) is 2.82. The zero-order valence-electron chi connectivity index (χ0n) is 9.01. The maximum absolute atomic E-state index is 4.44. The summed E-state index contributed by atoms with van der Waals surface area (Å²) >= 11 is 0. The Bertz CT molecular complexity index is 445. The van der Waals surface area contributed by atoms with Crippen molar-refractivity contribution in [3.63, 3.8) is 0 Å². The first-order chi connectivity index (χ1) is 7.93. The molecule has 0 fully saturated rings. The minimum Gasteiger partial charge on any atom is -0.302 e. The Morgan fingerprint density at radius 3 is 2.56 bits per heavy atom. The van der Waals surface area contributed by atoms with Crippen molar-refractivity contribution in [2.24, 2.45) is 11.0 Å². The lowest BCUT2D eigenvalue weighted by molar-refractivity contribution is 0.619. The van der Waals surface area contributed by atoms with E-state index in [1.54, 1.807) is 0 Å². The highest BCUT2D eigenvalue weighted by atomic mass is 15.3. The molecule has 2 aliphatic rings. The van der Waals surface area contributed by atoms with Crippen LogP contribution in [0, 0.1) is 5.92 Å². The van der Waals surface area contributed by atoms with Gasteiger partial charge in [0.2, 0.25) is 0 Å². The quantitative estimate of drug-likeness (QED) is 0.797. The van der Waals surface area contributed by atoms with Gasteiger partial charge in [-0.1, -0.05) is 54.6 Å². The molecule has 0 saturated carbocycles. The largest absolute Gasteiger partial charge is 0.302 e. The second-order valence-corrected chi connectivity index (χ2v) is 4.20. The zero-order chi connectivity index (χ0) is 10.8. The van der Waals surface area contributed by atoms with Crippen LogP contribution < -0.4 is 5.43 Å². The smallest absolute Gasteiger partial charge is 0.0742 e. The third kappa shape index (κ3) is 1.67. The number of hydrogen-bond donors (Lipinski definition) is 1. The molecule has 1 heterocycles. The van der Waals surface area contributed by atoms with Gasteiger partial charge in [0.15, 0.2) is 0 Å². The monoisotopic (exact) mass is 210 g/mol. The Balaban J connectivity index is 1.72. The summed E-state index contributed by atoms with van der Waals surface area (Å²) in [5.74, 6) is 0.404. The summed E-state index contributed by atoms with van der Waals surface area (Å²) in [6.07, 6.45) is 9.55. The molecule has 0 radical (unpaired) electrons. The number of hydrogen-bond acceptors (Lipinski definition) is 2. The SMILES string of the molecule is C1=CC(C2=NNC(c3ccccc3)C2)C=C1. The van der Waals surface area contributed by atoms with Gasteiger partial charge in [0.05, 0.1) is 11.8 Å². The van der Waals surface area contributed by atoms with Gasteiger partial charge in [0.1, 0.15) is 0 Å². The average Bonchev–Trinajstić information content (AvgIpc) is 3.01. The molecular weight excluding hydrogens is 196 g/mol. The van der Waals surface area contributed by atoms with E-state index in [2.05, 4.69) is 59.1 Å². The molecule has 0 amide bonds. The fourth-order valence-corrected chi connectivity index (χ4v) is 2.20. The zero-order valence-corrected chi connectivity index (χ0v) is 9.01. The molecule has 2 nitrogen and oxygen atoms in total. The van der Waals surface area contributed by atoms with Crippen LogP contribution in [0.15, 0.2) is 59.7 Å². The predicted molar refractivity (Wildman–Crippen MR) is 66.1 cm³/mol. The second kappa shape index (κ2) is 3.97. The molecule has 1 atom stereocenters. The topological polar surface area (TPSA) is 24.4 Å². The summed E-state index contributed by atoms with van der Waals surface area (Å²) in [5, 5.41) is 4.44. The second-order valence-electron chi connectivity index (χ2n) is 4.20. The molecule has 0 bridgehead atoms. The van der Waals surface area contributed by atoms with Crippen LogP contribution in [-0.2, 0) is 0 Å². The van der Waals surface area contributed by atoms with Crippen LogP contribution in [0.4, 0.5) is 0 Å². The number of benzene rings is 1. The molecule has 0 aromatic heterocycles. The van der Waals surface area contributed by atoms with E-state index in [9.17, 15) is 0 Å². The number of allylic oxidation sites excluding steroid dienone is 4. The van der Waals surface area contributed by atoms with Crippen LogP contribution in [0.25, 0.3) is 0 Å². The van der Waals surface area contributed by atoms with E-state index < -0.39 is 0 Å². The number of nitrogens with zero attached hydrogens (tertiary/aromatic N) is 1. The van der Waals surface area contributed by atoms with Gasteiger partial charge in [-0.05, 0) is 5.56 Å². The first-order valence-electron chi connectivity index (χ1n) is 5.65. The normalized spacial score (nSPS) is 23.5. The first kappa shape index (κ1) is 9.40. The highest BCUT2D eigenvalue weighted by Gasteiger charge is 2.23. The molecule has 1 aromatic rings. The Morgan fingerprint density at radius 1 is 1.06 bits per heavy atom. The van der Waals surface area contributed by atoms with Gasteiger partial charge in [-0.25, -0.2) is 0 Å². The molecule has 80 valence electrons. The van der Waals surface area contributed by atoms with Crippen LogP contribution in [-0.4, -0.2) is 5.71 Å². The van der Waals surface area contributed by atoms with Gasteiger partial charge >= 0.3 is 0 Å². The first-order valence-corrected chi connectivity index (χ1v) is 5.65. The standard InChI is InChI=1S/C14H14N2/c1-2-6-11(7-3-1)13-10-14(16-15-13)12-8-4-5-9-12/h1-9,12-13,15H,10H2. The van der Waals surface area contributed by atoms with Gasteiger partial charge in [0, 0.05) is 12.3 Å². The lowest BCUT2D eigenvalue weighted by atomic mass is 9.96. The maximum Gasteiger partial charge on any atom is 0.0742 e. The van der Waals surface area contributed by atoms with Crippen LogP contribution >= 0.6 is 0 Å². The summed E-state index contributed by atoms with van der Waals surface area (Å²) < 4.78 is 0. The van der Waals surface area contributed by atoms with Crippen molar-refractivity contribution in [1.29, 1.82) is 0 Å². The van der Waals surface area contributed by atoms with Crippen molar-refractivity contribution in [2.75, 3.05) is 0 Å². The molecule has 16 heavy (non-hydrogen) atoms. The summed E-state index contributed by atoms with van der Waals surface area (Å²) in [7, 11) is 0. The minimum atomic E-state index is 0.346. The molecular formula is C14H14N2. The molecule has 1 N–H and O–H groups in total. The van der Waals surface area contributed by atoms with Gasteiger partial charge in [-0.2, -0.15) is 5.10 Å². The third-order valence-corrected chi connectivity index (χ3v) is 3.11. The van der Waals surface area contributed by atoms with E-state index in [1.807, 2.05) is 6.07 Å².